The maximum absolute atomic E-state index is 13.3. The Morgan fingerprint density at radius 1 is 1.00 bits per heavy atom. The van der Waals surface area contributed by atoms with Gasteiger partial charge in [0.25, 0.3) is 5.56 Å². The molecule has 0 saturated carbocycles. The Bertz CT molecular complexity index is 1460. The normalized spacial score (nSPS) is 11.7. The third-order valence-electron chi connectivity index (χ3n) is 5.02. The lowest BCUT2D eigenvalue weighted by Gasteiger charge is -2.14. The van der Waals surface area contributed by atoms with Crippen molar-refractivity contribution in [2.24, 2.45) is 0 Å². The summed E-state index contributed by atoms with van der Waals surface area (Å²) in [5.41, 5.74) is 0.617. The van der Waals surface area contributed by atoms with E-state index in [4.69, 9.17) is 0 Å². The third-order valence-corrected chi connectivity index (χ3v) is 5.91. The second-order valence-electron chi connectivity index (χ2n) is 7.61. The molecule has 33 heavy (non-hydrogen) atoms. The minimum absolute atomic E-state index is 0.158. The first-order valence-electron chi connectivity index (χ1n) is 9.83. The van der Waals surface area contributed by atoms with Crippen LogP contribution in [0.25, 0.3) is 15.9 Å². The second-order valence-corrected chi connectivity index (χ2v) is 8.53. The molecule has 0 aliphatic rings. The Morgan fingerprint density at radius 2 is 1.64 bits per heavy atom. The standard InChI is InChI=1S/C23H18F3N3O3S/c1-13-9-14(2)11-17(10-13)29-21(31)20-18(7-8-33-20)28(22(29)32)12-19(30)27-16-5-3-15(4-6-16)23(24,25)26/h3-11H,12H2,1-2H3,(H,27,30). The Morgan fingerprint density at radius 3 is 2.24 bits per heavy atom. The van der Waals surface area contributed by atoms with Gasteiger partial charge >= 0.3 is 11.9 Å². The quantitative estimate of drug-likeness (QED) is 0.475. The van der Waals surface area contributed by atoms with Crippen LogP contribution in [0, 0.1) is 13.8 Å². The van der Waals surface area contributed by atoms with Gasteiger partial charge in [-0.05, 0) is 72.8 Å². The number of nitrogens with zero attached hydrogens (tertiary/aromatic N) is 2. The maximum Gasteiger partial charge on any atom is 0.416 e. The van der Waals surface area contributed by atoms with Crippen LogP contribution in [0.15, 0.2) is 63.5 Å². The van der Waals surface area contributed by atoms with E-state index < -0.39 is 35.4 Å². The maximum atomic E-state index is 13.3. The zero-order valence-electron chi connectivity index (χ0n) is 17.6. The van der Waals surface area contributed by atoms with Crippen LogP contribution in [0.1, 0.15) is 16.7 Å². The molecule has 0 fully saturated rings. The lowest BCUT2D eigenvalue weighted by atomic mass is 10.1. The van der Waals surface area contributed by atoms with Crippen LogP contribution >= 0.6 is 11.3 Å². The third kappa shape index (κ3) is 4.47. The molecule has 6 nitrogen and oxygen atoms in total. The van der Waals surface area contributed by atoms with Crippen molar-refractivity contribution in [1.29, 1.82) is 0 Å². The largest absolute Gasteiger partial charge is 0.416 e. The number of thiophene rings is 1. The van der Waals surface area contributed by atoms with E-state index in [9.17, 15) is 27.6 Å². The summed E-state index contributed by atoms with van der Waals surface area (Å²) in [5, 5.41) is 4.15. The van der Waals surface area contributed by atoms with Gasteiger partial charge in [0.1, 0.15) is 11.2 Å². The van der Waals surface area contributed by atoms with E-state index in [2.05, 4.69) is 5.32 Å². The molecular weight excluding hydrogens is 455 g/mol. The van der Waals surface area contributed by atoms with Gasteiger partial charge in [-0.1, -0.05) is 6.07 Å². The van der Waals surface area contributed by atoms with Crippen molar-refractivity contribution in [2.45, 2.75) is 26.6 Å². The molecule has 0 spiro atoms. The number of nitrogens with one attached hydrogen (secondary N) is 1. The van der Waals surface area contributed by atoms with Crippen molar-refractivity contribution >= 4 is 33.1 Å². The van der Waals surface area contributed by atoms with E-state index in [-0.39, 0.29) is 5.69 Å². The van der Waals surface area contributed by atoms with Gasteiger partial charge in [0.15, 0.2) is 0 Å². The molecule has 0 aliphatic carbocycles. The van der Waals surface area contributed by atoms with Crippen LogP contribution in [0.3, 0.4) is 0 Å². The fourth-order valence-electron chi connectivity index (χ4n) is 3.63. The number of alkyl halides is 3. The smallest absolute Gasteiger partial charge is 0.325 e. The molecule has 2 aromatic carbocycles. The molecule has 0 aliphatic heterocycles. The van der Waals surface area contributed by atoms with Gasteiger partial charge < -0.3 is 5.32 Å². The van der Waals surface area contributed by atoms with Crippen LogP contribution < -0.4 is 16.6 Å². The minimum Gasteiger partial charge on any atom is -0.325 e. The first-order chi connectivity index (χ1) is 15.5. The number of aryl methyl sites for hydroxylation is 2. The fraction of sp³-hybridized carbons (Fsp3) is 0.174. The molecule has 170 valence electrons. The molecule has 2 heterocycles. The van der Waals surface area contributed by atoms with Crippen LogP contribution in [-0.2, 0) is 17.5 Å². The van der Waals surface area contributed by atoms with Crippen molar-refractivity contribution in [2.75, 3.05) is 5.32 Å². The van der Waals surface area contributed by atoms with E-state index in [0.29, 0.717) is 15.9 Å². The molecule has 0 unspecified atom stereocenters. The number of benzene rings is 2. The predicted octanol–water partition coefficient (Wildman–Crippen LogP) is 4.49. The summed E-state index contributed by atoms with van der Waals surface area (Å²) in [6, 6.07) is 10.9. The first-order valence-corrected chi connectivity index (χ1v) is 10.7. The number of carbonyl (C=O) groups excluding carboxylic acids is 1. The fourth-order valence-corrected chi connectivity index (χ4v) is 4.46. The molecule has 4 rings (SSSR count). The number of aromatic nitrogens is 2. The van der Waals surface area contributed by atoms with Gasteiger partial charge in [-0.25, -0.2) is 9.36 Å². The first kappa shape index (κ1) is 22.5. The van der Waals surface area contributed by atoms with E-state index in [1.807, 2.05) is 19.9 Å². The molecule has 0 bridgehead atoms. The number of hydrogen-bond donors (Lipinski definition) is 1. The second kappa shape index (κ2) is 8.36. The Hall–Kier alpha value is -3.66. The lowest BCUT2D eigenvalue weighted by Crippen LogP contribution is -2.40. The highest BCUT2D eigenvalue weighted by Crippen LogP contribution is 2.29. The number of hydrogen-bond acceptors (Lipinski definition) is 4. The SMILES string of the molecule is Cc1cc(C)cc(-n2c(=O)c3sccc3n(CC(=O)Nc3ccc(C(F)(F)F)cc3)c2=O)c1. The molecule has 0 radical (unpaired) electrons. The van der Waals surface area contributed by atoms with Gasteiger partial charge in [-0.3, -0.25) is 14.2 Å². The van der Waals surface area contributed by atoms with Crippen molar-refractivity contribution in [3.8, 4) is 5.69 Å². The van der Waals surface area contributed by atoms with Crippen molar-refractivity contribution in [3.05, 3.63) is 91.4 Å². The predicted molar refractivity (Wildman–Crippen MR) is 121 cm³/mol. The summed E-state index contributed by atoms with van der Waals surface area (Å²) in [5.74, 6) is -0.616. The number of rotatable bonds is 4. The highest BCUT2D eigenvalue weighted by atomic mass is 32.1. The topological polar surface area (TPSA) is 73.1 Å². The molecule has 1 N–H and O–H groups in total. The molecule has 0 atom stereocenters. The van der Waals surface area contributed by atoms with Crippen LogP contribution in [0.5, 0.6) is 0 Å². The zero-order chi connectivity index (χ0) is 23.9. The van der Waals surface area contributed by atoms with Gasteiger partial charge in [0.05, 0.1) is 16.8 Å². The van der Waals surface area contributed by atoms with Crippen molar-refractivity contribution in [3.63, 3.8) is 0 Å². The zero-order valence-corrected chi connectivity index (χ0v) is 18.4. The number of amides is 1. The van der Waals surface area contributed by atoms with Crippen LogP contribution in [0.4, 0.5) is 18.9 Å². The number of anilines is 1. The summed E-state index contributed by atoms with van der Waals surface area (Å²) in [7, 11) is 0. The Balaban J connectivity index is 1.72. The number of halogens is 3. The van der Waals surface area contributed by atoms with Crippen LogP contribution in [0.2, 0.25) is 0 Å². The average molecular weight is 473 g/mol. The van der Waals surface area contributed by atoms with Crippen LogP contribution in [-0.4, -0.2) is 15.0 Å². The van der Waals surface area contributed by atoms with Gasteiger partial charge in [-0.2, -0.15) is 13.2 Å². The number of fused-ring (bicyclic) bond motifs is 1. The highest BCUT2D eigenvalue weighted by Gasteiger charge is 2.30. The Labute approximate surface area is 189 Å². The molecular formula is C23H18F3N3O3S. The minimum atomic E-state index is -4.48. The Kier molecular flexibility index (Phi) is 5.71. The van der Waals surface area contributed by atoms with Gasteiger partial charge in [0.2, 0.25) is 5.91 Å². The molecule has 1 amide bonds. The number of carbonyl (C=O) groups is 1. The van der Waals surface area contributed by atoms with E-state index in [1.54, 1.807) is 23.6 Å². The summed E-state index contributed by atoms with van der Waals surface area (Å²) in [6.45, 7) is 3.28. The monoisotopic (exact) mass is 473 g/mol. The van der Waals surface area contributed by atoms with Gasteiger partial charge in [0, 0.05) is 5.69 Å². The summed E-state index contributed by atoms with van der Waals surface area (Å²) < 4.78 is 40.8. The van der Waals surface area contributed by atoms with E-state index in [1.165, 1.54) is 4.57 Å². The van der Waals surface area contributed by atoms with E-state index in [0.717, 1.165) is 51.3 Å². The average Bonchev–Trinajstić information content (AvgIpc) is 3.20. The molecule has 2 aromatic heterocycles. The summed E-state index contributed by atoms with van der Waals surface area (Å²) in [6.07, 6.45) is -4.48. The van der Waals surface area contributed by atoms with E-state index >= 15 is 0 Å². The highest BCUT2D eigenvalue weighted by molar-refractivity contribution is 7.17. The van der Waals surface area contributed by atoms with Crippen molar-refractivity contribution in [1.82, 2.24) is 9.13 Å². The summed E-state index contributed by atoms with van der Waals surface area (Å²) in [4.78, 5) is 39.0. The molecule has 4 aromatic rings. The molecule has 10 heteroatoms. The summed E-state index contributed by atoms with van der Waals surface area (Å²) >= 11 is 1.16. The van der Waals surface area contributed by atoms with Gasteiger partial charge in [-0.15, -0.1) is 11.3 Å². The molecule has 0 saturated heterocycles. The van der Waals surface area contributed by atoms with Crippen molar-refractivity contribution < 1.29 is 18.0 Å². The lowest BCUT2D eigenvalue weighted by molar-refractivity contribution is -0.137.